The van der Waals surface area contributed by atoms with Crippen LogP contribution in [0.15, 0.2) is 42.5 Å². The van der Waals surface area contributed by atoms with E-state index in [9.17, 15) is 4.79 Å². The molecule has 2 N–H and O–H groups in total. The molecule has 2 aromatic carbocycles. The number of carbonyl (C=O) groups excluding carboxylic acids is 1. The minimum Gasteiger partial charge on any atom is -0.339 e. The lowest BCUT2D eigenvalue weighted by atomic mass is 10.0. The molecular weight excluding hydrogens is 298 g/mol. The number of hydrogen-bond donors (Lipinski definition) is 1. The van der Waals surface area contributed by atoms with Crippen molar-refractivity contribution in [3.8, 4) is 0 Å². The molecule has 0 aliphatic carbocycles. The fourth-order valence-electron chi connectivity index (χ4n) is 3.47. The molecule has 1 aliphatic rings. The van der Waals surface area contributed by atoms with Crippen LogP contribution in [0.1, 0.15) is 25.3 Å². The van der Waals surface area contributed by atoms with Crippen LogP contribution >= 0.6 is 0 Å². The second-order valence-corrected chi connectivity index (χ2v) is 6.63. The molecule has 0 spiro atoms. The standard InChI is InChI=1S/C20H27N3O/c1-2-6-19(21)20(24)23-13-11-22(12-14-23)15-17-9-5-8-16-7-3-4-10-18(16)17/h3-5,7-10,19H,2,6,11-15,21H2,1H3. The third kappa shape index (κ3) is 3.77. The highest BCUT2D eigenvalue weighted by molar-refractivity contribution is 5.85. The van der Waals surface area contributed by atoms with Gasteiger partial charge in [0.2, 0.25) is 5.91 Å². The van der Waals surface area contributed by atoms with Gasteiger partial charge in [0.15, 0.2) is 0 Å². The Kier molecular flexibility index (Phi) is 5.48. The second kappa shape index (κ2) is 7.77. The minimum atomic E-state index is -0.334. The highest BCUT2D eigenvalue weighted by Crippen LogP contribution is 2.20. The van der Waals surface area contributed by atoms with Crippen LogP contribution in [0.4, 0.5) is 0 Å². The Balaban J connectivity index is 1.60. The van der Waals surface area contributed by atoms with Gasteiger partial charge >= 0.3 is 0 Å². The van der Waals surface area contributed by atoms with Gasteiger partial charge < -0.3 is 10.6 Å². The van der Waals surface area contributed by atoms with Crippen LogP contribution in [-0.2, 0) is 11.3 Å². The molecule has 24 heavy (non-hydrogen) atoms. The third-order valence-corrected chi connectivity index (χ3v) is 4.87. The Bertz CT molecular complexity index is 687. The van der Waals surface area contributed by atoms with Crippen LogP contribution in [0.2, 0.25) is 0 Å². The van der Waals surface area contributed by atoms with Gasteiger partial charge in [0, 0.05) is 32.7 Å². The number of rotatable bonds is 5. The molecule has 1 unspecified atom stereocenters. The Hall–Kier alpha value is -1.91. The van der Waals surface area contributed by atoms with Crippen LogP contribution < -0.4 is 5.73 Å². The van der Waals surface area contributed by atoms with E-state index in [0.29, 0.717) is 0 Å². The van der Waals surface area contributed by atoms with Crippen molar-refractivity contribution in [3.63, 3.8) is 0 Å². The van der Waals surface area contributed by atoms with Crippen LogP contribution in [0.25, 0.3) is 10.8 Å². The molecule has 128 valence electrons. The summed E-state index contributed by atoms with van der Waals surface area (Å²) >= 11 is 0. The normalized spacial score (nSPS) is 17.2. The van der Waals surface area contributed by atoms with Crippen LogP contribution in [0.5, 0.6) is 0 Å². The molecule has 1 amide bonds. The van der Waals surface area contributed by atoms with E-state index in [2.05, 4.69) is 54.3 Å². The topological polar surface area (TPSA) is 49.6 Å². The first kappa shape index (κ1) is 16.9. The Morgan fingerprint density at radius 3 is 2.54 bits per heavy atom. The van der Waals surface area contributed by atoms with Crippen molar-refractivity contribution in [2.45, 2.75) is 32.4 Å². The SMILES string of the molecule is CCCC(N)C(=O)N1CCN(Cc2cccc3ccccc23)CC1. The Morgan fingerprint density at radius 1 is 1.08 bits per heavy atom. The summed E-state index contributed by atoms with van der Waals surface area (Å²) in [5, 5.41) is 2.61. The monoisotopic (exact) mass is 325 g/mol. The van der Waals surface area contributed by atoms with Crippen molar-refractivity contribution < 1.29 is 4.79 Å². The highest BCUT2D eigenvalue weighted by atomic mass is 16.2. The number of nitrogens with two attached hydrogens (primary N) is 1. The zero-order valence-corrected chi connectivity index (χ0v) is 14.4. The van der Waals surface area contributed by atoms with Crippen molar-refractivity contribution in [2.75, 3.05) is 26.2 Å². The van der Waals surface area contributed by atoms with Gasteiger partial charge in [-0.25, -0.2) is 0 Å². The summed E-state index contributed by atoms with van der Waals surface area (Å²) in [6, 6.07) is 14.7. The number of carbonyl (C=O) groups is 1. The van der Waals surface area contributed by atoms with Crippen LogP contribution in [0, 0.1) is 0 Å². The molecule has 4 heteroatoms. The lowest BCUT2D eigenvalue weighted by Gasteiger charge is -2.36. The maximum absolute atomic E-state index is 12.3. The third-order valence-electron chi connectivity index (χ3n) is 4.87. The molecule has 1 saturated heterocycles. The first-order valence-corrected chi connectivity index (χ1v) is 8.92. The van der Waals surface area contributed by atoms with Gasteiger partial charge in [-0.3, -0.25) is 9.69 Å². The lowest BCUT2D eigenvalue weighted by molar-refractivity contribution is -0.134. The maximum atomic E-state index is 12.3. The second-order valence-electron chi connectivity index (χ2n) is 6.63. The average Bonchev–Trinajstić information content (AvgIpc) is 2.62. The van der Waals surface area contributed by atoms with Crippen molar-refractivity contribution in [1.82, 2.24) is 9.80 Å². The molecule has 0 aromatic heterocycles. The van der Waals surface area contributed by atoms with Gasteiger partial charge in [-0.15, -0.1) is 0 Å². The van der Waals surface area contributed by atoms with E-state index in [1.165, 1.54) is 16.3 Å². The van der Waals surface area contributed by atoms with Gasteiger partial charge in [-0.2, -0.15) is 0 Å². The van der Waals surface area contributed by atoms with E-state index in [1.807, 2.05) is 4.90 Å². The molecule has 1 fully saturated rings. The van der Waals surface area contributed by atoms with E-state index in [1.54, 1.807) is 0 Å². The zero-order chi connectivity index (χ0) is 16.9. The molecule has 0 bridgehead atoms. The van der Waals surface area contributed by atoms with Crippen molar-refractivity contribution in [3.05, 3.63) is 48.0 Å². The molecule has 2 aromatic rings. The molecular formula is C20H27N3O. The Morgan fingerprint density at radius 2 is 1.79 bits per heavy atom. The minimum absolute atomic E-state index is 0.113. The predicted molar refractivity (Wildman–Crippen MR) is 98.7 cm³/mol. The predicted octanol–water partition coefficient (Wildman–Crippen LogP) is 2.61. The molecule has 4 nitrogen and oxygen atoms in total. The van der Waals surface area contributed by atoms with Gasteiger partial charge in [0.1, 0.15) is 0 Å². The maximum Gasteiger partial charge on any atom is 0.239 e. The van der Waals surface area contributed by atoms with Gasteiger partial charge in [-0.05, 0) is 22.8 Å². The Labute approximate surface area is 144 Å². The van der Waals surface area contributed by atoms with E-state index < -0.39 is 0 Å². The number of fused-ring (bicyclic) bond motifs is 1. The smallest absolute Gasteiger partial charge is 0.239 e. The van der Waals surface area contributed by atoms with Gasteiger partial charge in [0.25, 0.3) is 0 Å². The number of nitrogens with zero attached hydrogens (tertiary/aromatic N) is 2. The number of hydrogen-bond acceptors (Lipinski definition) is 3. The molecule has 0 saturated carbocycles. The van der Waals surface area contributed by atoms with E-state index in [4.69, 9.17) is 5.73 Å². The molecule has 0 radical (unpaired) electrons. The highest BCUT2D eigenvalue weighted by Gasteiger charge is 2.24. The summed E-state index contributed by atoms with van der Waals surface area (Å²) in [6.07, 6.45) is 1.73. The van der Waals surface area contributed by atoms with Crippen molar-refractivity contribution >= 4 is 16.7 Å². The first-order valence-electron chi connectivity index (χ1n) is 8.92. The van der Waals surface area contributed by atoms with E-state index in [0.717, 1.165) is 45.6 Å². The van der Waals surface area contributed by atoms with Gasteiger partial charge in [0.05, 0.1) is 6.04 Å². The van der Waals surface area contributed by atoms with Crippen LogP contribution in [-0.4, -0.2) is 47.9 Å². The number of amides is 1. The number of piperazine rings is 1. The first-order chi connectivity index (χ1) is 11.7. The molecule has 1 heterocycles. The van der Waals surface area contributed by atoms with Crippen LogP contribution in [0.3, 0.4) is 0 Å². The summed E-state index contributed by atoms with van der Waals surface area (Å²) in [5.41, 5.74) is 7.33. The average molecular weight is 325 g/mol. The lowest BCUT2D eigenvalue weighted by Crippen LogP contribution is -2.52. The number of benzene rings is 2. The van der Waals surface area contributed by atoms with Crippen molar-refractivity contribution in [2.24, 2.45) is 5.73 Å². The summed E-state index contributed by atoms with van der Waals surface area (Å²) in [6.45, 7) is 6.38. The largest absolute Gasteiger partial charge is 0.339 e. The summed E-state index contributed by atoms with van der Waals surface area (Å²) < 4.78 is 0. The molecule has 3 rings (SSSR count). The quantitative estimate of drug-likeness (QED) is 0.919. The zero-order valence-electron chi connectivity index (χ0n) is 14.4. The fraction of sp³-hybridized carbons (Fsp3) is 0.450. The van der Waals surface area contributed by atoms with E-state index in [-0.39, 0.29) is 11.9 Å². The molecule has 1 atom stereocenters. The fourth-order valence-corrected chi connectivity index (χ4v) is 3.47. The van der Waals surface area contributed by atoms with Gasteiger partial charge in [-0.1, -0.05) is 55.8 Å². The molecule has 1 aliphatic heterocycles. The summed E-state index contributed by atoms with van der Waals surface area (Å²) in [4.78, 5) is 16.7. The summed E-state index contributed by atoms with van der Waals surface area (Å²) in [7, 11) is 0. The van der Waals surface area contributed by atoms with Crippen molar-refractivity contribution in [1.29, 1.82) is 0 Å². The van der Waals surface area contributed by atoms with E-state index >= 15 is 0 Å². The summed E-state index contributed by atoms with van der Waals surface area (Å²) in [5.74, 6) is 0.113.